The molecule has 1 aromatic rings. The van der Waals surface area contributed by atoms with Crippen LogP contribution >= 0.6 is 15.9 Å². The van der Waals surface area contributed by atoms with E-state index in [4.69, 9.17) is 0 Å². The van der Waals surface area contributed by atoms with Crippen LogP contribution in [0.4, 0.5) is 11.5 Å². The zero-order chi connectivity index (χ0) is 14.7. The molecule has 1 saturated heterocycles. The summed E-state index contributed by atoms with van der Waals surface area (Å²) in [6.45, 7) is 5.03. The molecular weight excluding hydrogens is 330 g/mol. The fourth-order valence-electron chi connectivity index (χ4n) is 2.58. The van der Waals surface area contributed by atoms with E-state index in [1.807, 2.05) is 12.3 Å². The first kappa shape index (κ1) is 14.4. The minimum Gasteiger partial charge on any atom is -0.374 e. The van der Waals surface area contributed by atoms with Gasteiger partial charge in [0.2, 0.25) is 0 Å². The molecular formula is C15H20BrN5. The lowest BCUT2D eigenvalue weighted by Gasteiger charge is -2.29. The van der Waals surface area contributed by atoms with E-state index in [1.54, 1.807) is 0 Å². The van der Waals surface area contributed by atoms with Gasteiger partial charge in [0.15, 0.2) is 0 Å². The molecule has 0 aliphatic carbocycles. The van der Waals surface area contributed by atoms with Crippen LogP contribution in [0.25, 0.3) is 0 Å². The Labute approximate surface area is 133 Å². The number of nitrogens with one attached hydrogen (secondary N) is 2. The van der Waals surface area contributed by atoms with Crippen molar-refractivity contribution in [2.45, 2.75) is 0 Å². The third-order valence-corrected chi connectivity index (χ3v) is 4.03. The standard InChI is InChI=1S/C15H20BrN5/c1-20-10-12(16)8-13(11-20)19-15-3-2-14(9-18-15)21-6-4-17-5-7-21/h2-3,8-10,17H,4-7,11H2,1H3,(H,18,19). The number of piperazine rings is 1. The lowest BCUT2D eigenvalue weighted by molar-refractivity contribution is 0.491. The summed E-state index contributed by atoms with van der Waals surface area (Å²) >= 11 is 3.52. The molecule has 2 N–H and O–H groups in total. The van der Waals surface area contributed by atoms with E-state index in [9.17, 15) is 0 Å². The molecule has 0 unspecified atom stereocenters. The fraction of sp³-hybridized carbons (Fsp3) is 0.400. The molecule has 1 aromatic heterocycles. The molecule has 2 aliphatic rings. The van der Waals surface area contributed by atoms with E-state index >= 15 is 0 Å². The predicted octanol–water partition coefficient (Wildman–Crippen LogP) is 1.97. The average Bonchev–Trinajstić information content (AvgIpc) is 2.48. The number of pyridine rings is 1. The number of likely N-dealkylation sites (N-methyl/N-ethyl adjacent to an activating group) is 1. The summed E-state index contributed by atoms with van der Waals surface area (Å²) in [4.78, 5) is 9.02. The second-order valence-corrected chi connectivity index (χ2v) is 6.28. The lowest BCUT2D eigenvalue weighted by Crippen LogP contribution is -2.43. The van der Waals surface area contributed by atoms with E-state index in [0.29, 0.717) is 0 Å². The van der Waals surface area contributed by atoms with Crippen molar-refractivity contribution < 1.29 is 0 Å². The van der Waals surface area contributed by atoms with Crippen molar-refractivity contribution in [3.63, 3.8) is 0 Å². The SMILES string of the molecule is CN1C=C(Br)C=C(Nc2ccc(N3CCNCC3)cn2)C1. The van der Waals surface area contributed by atoms with Gasteiger partial charge in [-0.25, -0.2) is 4.98 Å². The van der Waals surface area contributed by atoms with Crippen LogP contribution < -0.4 is 15.5 Å². The van der Waals surface area contributed by atoms with Gasteiger partial charge in [-0.1, -0.05) is 0 Å². The zero-order valence-corrected chi connectivity index (χ0v) is 13.7. The first-order valence-corrected chi connectivity index (χ1v) is 7.97. The lowest BCUT2D eigenvalue weighted by atomic mass is 10.3. The molecule has 0 spiro atoms. The molecule has 0 aromatic carbocycles. The molecule has 2 aliphatic heterocycles. The minimum atomic E-state index is 0.857. The van der Waals surface area contributed by atoms with Crippen LogP contribution in [0.5, 0.6) is 0 Å². The Balaban J connectivity index is 1.66. The summed E-state index contributed by atoms with van der Waals surface area (Å²) < 4.78 is 1.07. The number of aromatic nitrogens is 1. The normalized spacial score (nSPS) is 19.1. The first-order chi connectivity index (χ1) is 10.2. The smallest absolute Gasteiger partial charge is 0.130 e. The van der Waals surface area contributed by atoms with E-state index in [2.05, 4.69) is 66.7 Å². The van der Waals surface area contributed by atoms with E-state index in [1.165, 1.54) is 5.69 Å². The number of nitrogens with zero attached hydrogens (tertiary/aromatic N) is 3. The van der Waals surface area contributed by atoms with Gasteiger partial charge >= 0.3 is 0 Å². The summed E-state index contributed by atoms with van der Waals surface area (Å²) in [6.07, 6.45) is 6.10. The maximum atomic E-state index is 4.53. The van der Waals surface area contributed by atoms with Crippen molar-refractivity contribution >= 4 is 27.4 Å². The largest absolute Gasteiger partial charge is 0.374 e. The summed E-state index contributed by atoms with van der Waals surface area (Å²) in [5, 5.41) is 6.74. The molecule has 3 rings (SSSR count). The van der Waals surface area contributed by atoms with Crippen LogP contribution in [0.3, 0.4) is 0 Å². The van der Waals surface area contributed by atoms with Crippen LogP contribution in [0, 0.1) is 0 Å². The van der Waals surface area contributed by atoms with E-state index < -0.39 is 0 Å². The molecule has 5 nitrogen and oxygen atoms in total. The van der Waals surface area contributed by atoms with Gasteiger partial charge in [0.1, 0.15) is 5.82 Å². The quantitative estimate of drug-likeness (QED) is 0.873. The maximum Gasteiger partial charge on any atom is 0.130 e. The molecule has 0 amide bonds. The van der Waals surface area contributed by atoms with Crippen molar-refractivity contribution in [3.05, 3.63) is 40.8 Å². The molecule has 6 heteroatoms. The molecule has 1 fully saturated rings. The molecule has 0 bridgehead atoms. The summed E-state index contributed by atoms with van der Waals surface area (Å²) in [6, 6.07) is 4.18. The second-order valence-electron chi connectivity index (χ2n) is 5.36. The highest BCUT2D eigenvalue weighted by molar-refractivity contribution is 9.11. The van der Waals surface area contributed by atoms with Gasteiger partial charge in [0.05, 0.1) is 18.4 Å². The summed E-state index contributed by atoms with van der Waals surface area (Å²) in [7, 11) is 2.05. The van der Waals surface area contributed by atoms with Gasteiger partial charge in [-0.3, -0.25) is 0 Å². The van der Waals surface area contributed by atoms with Crippen LogP contribution in [0.1, 0.15) is 0 Å². The van der Waals surface area contributed by atoms with Crippen molar-refractivity contribution in [2.75, 3.05) is 50.0 Å². The number of halogens is 1. The monoisotopic (exact) mass is 349 g/mol. The number of hydrogen-bond acceptors (Lipinski definition) is 5. The van der Waals surface area contributed by atoms with Crippen LogP contribution in [0.15, 0.2) is 40.8 Å². The number of rotatable bonds is 3. The topological polar surface area (TPSA) is 43.4 Å². The summed E-state index contributed by atoms with van der Waals surface area (Å²) in [5.74, 6) is 0.885. The van der Waals surface area contributed by atoms with Crippen molar-refractivity contribution in [1.82, 2.24) is 15.2 Å². The van der Waals surface area contributed by atoms with Gasteiger partial charge < -0.3 is 20.4 Å². The van der Waals surface area contributed by atoms with Gasteiger partial charge in [0.25, 0.3) is 0 Å². The molecule has 112 valence electrons. The van der Waals surface area contributed by atoms with Crippen LogP contribution in [-0.2, 0) is 0 Å². The first-order valence-electron chi connectivity index (χ1n) is 7.17. The Kier molecular flexibility index (Phi) is 4.45. The van der Waals surface area contributed by atoms with Gasteiger partial charge in [-0.05, 0) is 34.1 Å². The fourth-order valence-corrected chi connectivity index (χ4v) is 3.21. The molecule has 0 atom stereocenters. The highest BCUT2D eigenvalue weighted by Crippen LogP contribution is 2.20. The van der Waals surface area contributed by atoms with Gasteiger partial charge in [-0.15, -0.1) is 0 Å². The van der Waals surface area contributed by atoms with Crippen molar-refractivity contribution in [2.24, 2.45) is 0 Å². The minimum absolute atomic E-state index is 0.857. The Morgan fingerprint density at radius 3 is 2.76 bits per heavy atom. The van der Waals surface area contributed by atoms with Gasteiger partial charge in [0, 0.05) is 49.6 Å². The molecule has 0 saturated carbocycles. The van der Waals surface area contributed by atoms with Crippen molar-refractivity contribution in [3.8, 4) is 0 Å². The Hall–Kier alpha value is -1.53. The number of anilines is 2. The Morgan fingerprint density at radius 2 is 2.10 bits per heavy atom. The summed E-state index contributed by atoms with van der Waals surface area (Å²) in [5.41, 5.74) is 2.33. The second kappa shape index (κ2) is 6.49. The number of allylic oxidation sites excluding steroid dienone is 2. The third kappa shape index (κ3) is 3.77. The van der Waals surface area contributed by atoms with Crippen molar-refractivity contribution in [1.29, 1.82) is 0 Å². The van der Waals surface area contributed by atoms with Crippen LogP contribution in [-0.4, -0.2) is 49.7 Å². The maximum absolute atomic E-state index is 4.53. The van der Waals surface area contributed by atoms with Gasteiger partial charge in [-0.2, -0.15) is 0 Å². The average molecular weight is 350 g/mol. The van der Waals surface area contributed by atoms with E-state index in [-0.39, 0.29) is 0 Å². The molecule has 3 heterocycles. The molecule has 0 radical (unpaired) electrons. The highest BCUT2D eigenvalue weighted by atomic mass is 79.9. The Morgan fingerprint density at radius 1 is 1.29 bits per heavy atom. The Bertz CT molecular complexity index is 546. The highest BCUT2D eigenvalue weighted by Gasteiger charge is 2.11. The van der Waals surface area contributed by atoms with E-state index in [0.717, 1.165) is 48.7 Å². The van der Waals surface area contributed by atoms with Crippen LogP contribution in [0.2, 0.25) is 0 Å². The third-order valence-electron chi connectivity index (χ3n) is 3.59. The molecule has 21 heavy (non-hydrogen) atoms. The number of hydrogen-bond donors (Lipinski definition) is 2. The zero-order valence-electron chi connectivity index (χ0n) is 12.1. The predicted molar refractivity (Wildman–Crippen MR) is 90.7 cm³/mol.